The van der Waals surface area contributed by atoms with Gasteiger partial charge in [0.05, 0.1) is 11.5 Å². The quantitative estimate of drug-likeness (QED) is 0.858. The van der Waals surface area contributed by atoms with Crippen LogP contribution in [0.5, 0.6) is 11.5 Å². The maximum Gasteiger partial charge on any atom is 0.161 e. The molecule has 1 aromatic rings. The van der Waals surface area contributed by atoms with E-state index in [1.54, 1.807) is 0 Å². The summed E-state index contributed by atoms with van der Waals surface area (Å²) in [4.78, 5) is 2.13. The minimum atomic E-state index is -2.88. The molecule has 1 atom stereocenters. The Morgan fingerprint density at radius 1 is 1.14 bits per heavy atom. The molecule has 0 spiro atoms. The van der Waals surface area contributed by atoms with Crippen molar-refractivity contribution in [3.05, 3.63) is 23.8 Å². The number of nitrogens with zero attached hydrogens (tertiary/aromatic N) is 1. The highest BCUT2D eigenvalue weighted by atomic mass is 32.2. The second kappa shape index (κ2) is 5.82. The van der Waals surface area contributed by atoms with Gasteiger partial charge in [-0.25, -0.2) is 8.42 Å². The van der Waals surface area contributed by atoms with Gasteiger partial charge in [-0.05, 0) is 17.7 Å². The first kappa shape index (κ1) is 14.6. The summed E-state index contributed by atoms with van der Waals surface area (Å²) in [6, 6.07) is 5.84. The first-order valence-electron chi connectivity index (χ1n) is 7.13. The summed E-state index contributed by atoms with van der Waals surface area (Å²) >= 11 is 0. The number of benzene rings is 1. The molecule has 0 aromatic heterocycles. The fourth-order valence-corrected chi connectivity index (χ4v) is 4.03. The van der Waals surface area contributed by atoms with Gasteiger partial charge in [0.15, 0.2) is 21.3 Å². The van der Waals surface area contributed by atoms with Gasteiger partial charge in [0.2, 0.25) is 0 Å². The van der Waals surface area contributed by atoms with Crippen LogP contribution in [-0.4, -0.2) is 57.7 Å². The fraction of sp³-hybridized carbons (Fsp3) is 0.571. The van der Waals surface area contributed by atoms with E-state index in [-0.39, 0.29) is 17.5 Å². The Kier molecular flexibility index (Phi) is 4.05. The number of sulfone groups is 1. The van der Waals surface area contributed by atoms with E-state index in [2.05, 4.69) is 4.90 Å². The van der Waals surface area contributed by atoms with Crippen molar-refractivity contribution in [3.63, 3.8) is 0 Å². The molecule has 1 unspecified atom stereocenters. The standard InChI is InChI=1S/C14H20N2O4S/c15-10-12(16-3-7-21(17,18)8-4-16)11-1-2-13-14(9-11)20-6-5-19-13/h1-2,9,12H,3-8,10,15H2. The predicted molar refractivity (Wildman–Crippen MR) is 79.5 cm³/mol. The van der Waals surface area contributed by atoms with E-state index in [4.69, 9.17) is 15.2 Å². The first-order chi connectivity index (χ1) is 10.1. The third-order valence-electron chi connectivity index (χ3n) is 3.99. The molecule has 2 N–H and O–H groups in total. The largest absolute Gasteiger partial charge is 0.486 e. The lowest BCUT2D eigenvalue weighted by Crippen LogP contribution is -2.44. The predicted octanol–water partition coefficient (Wildman–Crippen LogP) is 0.188. The second-order valence-corrected chi connectivity index (χ2v) is 7.65. The maximum absolute atomic E-state index is 11.5. The molecule has 0 saturated carbocycles. The Balaban J connectivity index is 1.80. The van der Waals surface area contributed by atoms with Gasteiger partial charge in [0, 0.05) is 25.7 Å². The molecular weight excluding hydrogens is 292 g/mol. The van der Waals surface area contributed by atoms with E-state index >= 15 is 0 Å². The van der Waals surface area contributed by atoms with E-state index in [0.717, 1.165) is 17.1 Å². The van der Waals surface area contributed by atoms with Crippen LogP contribution in [0.1, 0.15) is 11.6 Å². The summed E-state index contributed by atoms with van der Waals surface area (Å²) in [5.41, 5.74) is 6.96. The highest BCUT2D eigenvalue weighted by Gasteiger charge is 2.28. The zero-order valence-corrected chi connectivity index (χ0v) is 12.6. The smallest absolute Gasteiger partial charge is 0.161 e. The topological polar surface area (TPSA) is 81.9 Å². The second-order valence-electron chi connectivity index (χ2n) is 5.34. The SMILES string of the molecule is NCC(c1ccc2c(c1)OCCO2)N1CCS(=O)(=O)CC1. The summed E-state index contributed by atoms with van der Waals surface area (Å²) in [6.45, 7) is 2.61. The van der Waals surface area contributed by atoms with Crippen LogP contribution in [0.4, 0.5) is 0 Å². The van der Waals surface area contributed by atoms with E-state index in [1.807, 2.05) is 18.2 Å². The molecular formula is C14H20N2O4S. The Bertz CT molecular complexity index is 603. The van der Waals surface area contributed by atoms with E-state index in [9.17, 15) is 8.42 Å². The van der Waals surface area contributed by atoms with Crippen molar-refractivity contribution in [2.45, 2.75) is 6.04 Å². The van der Waals surface area contributed by atoms with Crippen molar-refractivity contribution in [2.75, 3.05) is 44.4 Å². The van der Waals surface area contributed by atoms with Crippen LogP contribution in [0.3, 0.4) is 0 Å². The minimum absolute atomic E-state index is 0.0105. The third kappa shape index (κ3) is 3.14. The lowest BCUT2D eigenvalue weighted by atomic mass is 10.0. The Hall–Kier alpha value is -1.31. The lowest BCUT2D eigenvalue weighted by Gasteiger charge is -2.34. The third-order valence-corrected chi connectivity index (χ3v) is 5.60. The number of nitrogens with two attached hydrogens (primary N) is 1. The summed E-state index contributed by atoms with van der Waals surface area (Å²) in [5.74, 6) is 1.89. The average Bonchev–Trinajstić information content (AvgIpc) is 2.49. The molecule has 0 bridgehead atoms. The van der Waals surface area contributed by atoms with Crippen molar-refractivity contribution in [3.8, 4) is 11.5 Å². The van der Waals surface area contributed by atoms with Crippen molar-refractivity contribution in [1.82, 2.24) is 4.90 Å². The maximum atomic E-state index is 11.5. The van der Waals surface area contributed by atoms with Gasteiger partial charge in [-0.15, -0.1) is 0 Å². The monoisotopic (exact) mass is 312 g/mol. The molecule has 116 valence electrons. The molecule has 7 heteroatoms. The molecule has 0 radical (unpaired) electrons. The molecule has 1 saturated heterocycles. The summed E-state index contributed by atoms with van der Waals surface area (Å²) in [6.07, 6.45) is 0. The van der Waals surface area contributed by atoms with Crippen LogP contribution < -0.4 is 15.2 Å². The van der Waals surface area contributed by atoms with Crippen LogP contribution in [0.15, 0.2) is 18.2 Å². The van der Waals surface area contributed by atoms with Crippen LogP contribution in [-0.2, 0) is 9.84 Å². The molecule has 0 amide bonds. The number of fused-ring (bicyclic) bond motifs is 1. The highest BCUT2D eigenvalue weighted by molar-refractivity contribution is 7.91. The summed E-state index contributed by atoms with van der Waals surface area (Å²) in [5, 5.41) is 0. The number of ether oxygens (including phenoxy) is 2. The zero-order chi connectivity index (χ0) is 14.9. The van der Waals surface area contributed by atoms with E-state index in [1.165, 1.54) is 0 Å². The van der Waals surface area contributed by atoms with Crippen LogP contribution in [0, 0.1) is 0 Å². The van der Waals surface area contributed by atoms with Gasteiger partial charge >= 0.3 is 0 Å². The van der Waals surface area contributed by atoms with Gasteiger partial charge in [-0.2, -0.15) is 0 Å². The van der Waals surface area contributed by atoms with Gasteiger partial charge in [0.25, 0.3) is 0 Å². The molecule has 2 aliphatic rings. The highest BCUT2D eigenvalue weighted by Crippen LogP contribution is 2.34. The number of rotatable bonds is 3. The number of hydrogen-bond acceptors (Lipinski definition) is 6. The molecule has 1 aromatic carbocycles. The van der Waals surface area contributed by atoms with Gasteiger partial charge in [0.1, 0.15) is 13.2 Å². The van der Waals surface area contributed by atoms with Crippen LogP contribution in [0.2, 0.25) is 0 Å². The first-order valence-corrected chi connectivity index (χ1v) is 8.95. The molecule has 1 fully saturated rings. The fourth-order valence-electron chi connectivity index (χ4n) is 2.80. The van der Waals surface area contributed by atoms with E-state index < -0.39 is 9.84 Å². The lowest BCUT2D eigenvalue weighted by molar-refractivity contribution is 0.170. The van der Waals surface area contributed by atoms with Gasteiger partial charge in [-0.1, -0.05) is 6.07 Å². The molecule has 21 heavy (non-hydrogen) atoms. The Morgan fingerprint density at radius 2 is 1.81 bits per heavy atom. The van der Waals surface area contributed by atoms with Crippen molar-refractivity contribution < 1.29 is 17.9 Å². The minimum Gasteiger partial charge on any atom is -0.486 e. The van der Waals surface area contributed by atoms with Crippen molar-refractivity contribution in [1.29, 1.82) is 0 Å². The van der Waals surface area contributed by atoms with E-state index in [0.29, 0.717) is 32.8 Å². The normalized spacial score (nSPS) is 22.7. The van der Waals surface area contributed by atoms with Gasteiger partial charge < -0.3 is 15.2 Å². The van der Waals surface area contributed by atoms with Crippen molar-refractivity contribution in [2.24, 2.45) is 5.73 Å². The van der Waals surface area contributed by atoms with Crippen molar-refractivity contribution >= 4 is 9.84 Å². The molecule has 0 aliphatic carbocycles. The number of hydrogen-bond donors (Lipinski definition) is 1. The van der Waals surface area contributed by atoms with Crippen LogP contribution >= 0.6 is 0 Å². The summed E-state index contributed by atoms with van der Waals surface area (Å²) < 4.78 is 34.2. The molecule has 6 nitrogen and oxygen atoms in total. The van der Waals surface area contributed by atoms with Gasteiger partial charge in [-0.3, -0.25) is 4.90 Å². The zero-order valence-electron chi connectivity index (χ0n) is 11.8. The average molecular weight is 312 g/mol. The molecule has 2 aliphatic heterocycles. The van der Waals surface area contributed by atoms with Crippen LogP contribution in [0.25, 0.3) is 0 Å². The Morgan fingerprint density at radius 3 is 2.48 bits per heavy atom. The summed E-state index contributed by atoms with van der Waals surface area (Å²) in [7, 11) is -2.88. The molecule has 3 rings (SSSR count). The Labute approximate surface area is 124 Å². The molecule has 2 heterocycles.